The van der Waals surface area contributed by atoms with Gasteiger partial charge in [0.05, 0.1) is 12.1 Å². The Kier molecular flexibility index (Phi) is 4.12. The van der Waals surface area contributed by atoms with E-state index in [0.717, 1.165) is 21.9 Å². The third-order valence-corrected chi connectivity index (χ3v) is 4.61. The summed E-state index contributed by atoms with van der Waals surface area (Å²) < 4.78 is 5.62. The Hall–Kier alpha value is -2.85. The van der Waals surface area contributed by atoms with Crippen LogP contribution in [-0.2, 0) is 11.2 Å². The molecule has 4 rings (SSSR count). The standard InChI is InChI=1S/C21H19NO3/c23-19-12-16-7-3-4-8-18(16)21(19)22-20(24)13-25-17-10-9-14-5-1-2-6-15(14)11-17/h1-11,19,21,23H,12-13H2,(H,22,24)/t19-,21+/m0/s1. The summed E-state index contributed by atoms with van der Waals surface area (Å²) in [6.07, 6.45) is -0.0332. The van der Waals surface area contributed by atoms with E-state index in [1.165, 1.54) is 0 Å². The number of rotatable bonds is 4. The van der Waals surface area contributed by atoms with Crippen molar-refractivity contribution in [2.24, 2.45) is 0 Å². The third-order valence-electron chi connectivity index (χ3n) is 4.61. The molecule has 0 saturated carbocycles. The number of benzene rings is 3. The molecular formula is C21H19NO3. The molecule has 2 N–H and O–H groups in total. The molecule has 0 radical (unpaired) electrons. The molecule has 0 aliphatic heterocycles. The summed E-state index contributed by atoms with van der Waals surface area (Å²) in [5.41, 5.74) is 2.06. The molecule has 0 heterocycles. The molecule has 3 aromatic carbocycles. The Balaban J connectivity index is 1.40. The van der Waals surface area contributed by atoms with Gasteiger partial charge in [-0.3, -0.25) is 4.79 Å². The molecular weight excluding hydrogens is 314 g/mol. The van der Waals surface area contributed by atoms with E-state index in [2.05, 4.69) is 5.32 Å². The third kappa shape index (κ3) is 3.21. The van der Waals surface area contributed by atoms with Gasteiger partial charge in [0.1, 0.15) is 5.75 Å². The van der Waals surface area contributed by atoms with Crippen molar-refractivity contribution in [3.63, 3.8) is 0 Å². The lowest BCUT2D eigenvalue weighted by Crippen LogP contribution is -2.36. The lowest BCUT2D eigenvalue weighted by Gasteiger charge is -2.18. The average molecular weight is 333 g/mol. The summed E-state index contributed by atoms with van der Waals surface area (Å²) in [5, 5.41) is 15.3. The van der Waals surface area contributed by atoms with Crippen LogP contribution in [0.4, 0.5) is 0 Å². The number of carbonyl (C=O) groups is 1. The van der Waals surface area contributed by atoms with Gasteiger partial charge in [0.2, 0.25) is 0 Å². The van der Waals surface area contributed by atoms with Gasteiger partial charge < -0.3 is 15.2 Å². The Morgan fingerprint density at radius 2 is 1.80 bits per heavy atom. The molecule has 25 heavy (non-hydrogen) atoms. The molecule has 0 unspecified atom stereocenters. The van der Waals surface area contributed by atoms with Crippen molar-refractivity contribution in [3.8, 4) is 5.75 Å². The molecule has 3 aromatic rings. The van der Waals surface area contributed by atoms with Crippen LogP contribution in [0, 0.1) is 0 Å². The highest BCUT2D eigenvalue weighted by Crippen LogP contribution is 2.31. The number of fused-ring (bicyclic) bond motifs is 2. The quantitative estimate of drug-likeness (QED) is 0.772. The van der Waals surface area contributed by atoms with Crippen LogP contribution in [-0.4, -0.2) is 23.7 Å². The summed E-state index contributed by atoms with van der Waals surface area (Å²) in [6.45, 7) is -0.0796. The minimum Gasteiger partial charge on any atom is -0.484 e. The monoisotopic (exact) mass is 333 g/mol. The zero-order valence-corrected chi connectivity index (χ0v) is 13.7. The van der Waals surface area contributed by atoms with Crippen LogP contribution in [0.3, 0.4) is 0 Å². The number of hydrogen-bond donors (Lipinski definition) is 2. The first-order chi connectivity index (χ1) is 12.2. The smallest absolute Gasteiger partial charge is 0.258 e. The van der Waals surface area contributed by atoms with Crippen molar-refractivity contribution < 1.29 is 14.6 Å². The second kappa shape index (κ2) is 6.57. The number of hydrogen-bond acceptors (Lipinski definition) is 3. The predicted octanol–water partition coefficient (Wildman–Crippen LogP) is 2.99. The number of amides is 1. The van der Waals surface area contributed by atoms with Crippen LogP contribution < -0.4 is 10.1 Å². The highest BCUT2D eigenvalue weighted by Gasteiger charge is 2.31. The zero-order chi connectivity index (χ0) is 17.2. The molecule has 1 aliphatic carbocycles. The van der Waals surface area contributed by atoms with Crippen LogP contribution in [0.1, 0.15) is 17.2 Å². The van der Waals surface area contributed by atoms with E-state index in [1.807, 2.05) is 66.7 Å². The van der Waals surface area contributed by atoms with Crippen LogP contribution in [0.2, 0.25) is 0 Å². The Labute approximate surface area is 146 Å². The van der Waals surface area contributed by atoms with Gasteiger partial charge in [0.15, 0.2) is 6.61 Å². The summed E-state index contributed by atoms with van der Waals surface area (Å²) >= 11 is 0. The van der Waals surface area contributed by atoms with E-state index in [0.29, 0.717) is 12.2 Å². The molecule has 1 amide bonds. The van der Waals surface area contributed by atoms with Crippen molar-refractivity contribution in [3.05, 3.63) is 77.9 Å². The lowest BCUT2D eigenvalue weighted by molar-refractivity contribution is -0.124. The molecule has 0 fully saturated rings. The van der Waals surface area contributed by atoms with Crippen LogP contribution in [0.5, 0.6) is 5.75 Å². The van der Waals surface area contributed by atoms with Crippen molar-refractivity contribution >= 4 is 16.7 Å². The van der Waals surface area contributed by atoms with Gasteiger partial charge in [-0.15, -0.1) is 0 Å². The van der Waals surface area contributed by atoms with Crippen molar-refractivity contribution in [2.75, 3.05) is 6.61 Å². The molecule has 4 heteroatoms. The van der Waals surface area contributed by atoms with E-state index in [-0.39, 0.29) is 18.6 Å². The molecule has 4 nitrogen and oxygen atoms in total. The van der Waals surface area contributed by atoms with E-state index in [9.17, 15) is 9.90 Å². The number of carbonyl (C=O) groups excluding carboxylic acids is 1. The van der Waals surface area contributed by atoms with Gasteiger partial charge in [-0.05, 0) is 34.0 Å². The van der Waals surface area contributed by atoms with Crippen LogP contribution >= 0.6 is 0 Å². The van der Waals surface area contributed by atoms with Gasteiger partial charge >= 0.3 is 0 Å². The SMILES string of the molecule is O=C(COc1ccc2ccccc2c1)N[C@@H]1c2ccccc2C[C@@H]1O. The van der Waals surface area contributed by atoms with Crippen LogP contribution in [0.25, 0.3) is 10.8 Å². The molecule has 1 aliphatic rings. The number of aliphatic hydroxyl groups excluding tert-OH is 1. The van der Waals surface area contributed by atoms with Crippen LogP contribution in [0.15, 0.2) is 66.7 Å². The van der Waals surface area contributed by atoms with Gasteiger partial charge in [-0.1, -0.05) is 54.6 Å². The fourth-order valence-corrected chi connectivity index (χ4v) is 3.37. The highest BCUT2D eigenvalue weighted by molar-refractivity contribution is 5.84. The van der Waals surface area contributed by atoms with Crippen molar-refractivity contribution in [1.82, 2.24) is 5.32 Å². The topological polar surface area (TPSA) is 58.6 Å². The first-order valence-electron chi connectivity index (χ1n) is 8.37. The molecule has 0 saturated heterocycles. The van der Waals surface area contributed by atoms with Gasteiger partial charge in [0, 0.05) is 6.42 Å². The van der Waals surface area contributed by atoms with E-state index < -0.39 is 6.10 Å². The Bertz CT molecular complexity index is 922. The van der Waals surface area contributed by atoms with Crippen molar-refractivity contribution in [2.45, 2.75) is 18.6 Å². The number of aliphatic hydroxyl groups is 1. The molecule has 2 atom stereocenters. The van der Waals surface area contributed by atoms with E-state index in [1.54, 1.807) is 0 Å². The van der Waals surface area contributed by atoms with E-state index >= 15 is 0 Å². The number of ether oxygens (including phenoxy) is 1. The fraction of sp³-hybridized carbons (Fsp3) is 0.190. The summed E-state index contributed by atoms with van der Waals surface area (Å²) in [4.78, 5) is 12.2. The second-order valence-electron chi connectivity index (χ2n) is 6.31. The summed E-state index contributed by atoms with van der Waals surface area (Å²) in [6, 6.07) is 21.2. The molecule has 0 bridgehead atoms. The maximum atomic E-state index is 12.2. The van der Waals surface area contributed by atoms with Gasteiger partial charge in [0.25, 0.3) is 5.91 Å². The molecule has 0 aromatic heterocycles. The largest absolute Gasteiger partial charge is 0.484 e. The normalized spacial score (nSPS) is 18.8. The summed E-state index contributed by atoms with van der Waals surface area (Å²) in [7, 11) is 0. The maximum Gasteiger partial charge on any atom is 0.258 e. The Morgan fingerprint density at radius 1 is 1.04 bits per heavy atom. The second-order valence-corrected chi connectivity index (χ2v) is 6.31. The summed E-state index contributed by atoms with van der Waals surface area (Å²) in [5.74, 6) is 0.412. The molecule has 126 valence electrons. The van der Waals surface area contributed by atoms with Gasteiger partial charge in [-0.2, -0.15) is 0 Å². The minimum absolute atomic E-state index is 0.0796. The maximum absolute atomic E-state index is 12.2. The first kappa shape index (κ1) is 15.7. The fourth-order valence-electron chi connectivity index (χ4n) is 3.37. The number of nitrogens with one attached hydrogen (secondary N) is 1. The highest BCUT2D eigenvalue weighted by atomic mass is 16.5. The zero-order valence-electron chi connectivity index (χ0n) is 13.7. The average Bonchev–Trinajstić information content (AvgIpc) is 2.95. The minimum atomic E-state index is -0.595. The predicted molar refractivity (Wildman–Crippen MR) is 96.5 cm³/mol. The first-order valence-corrected chi connectivity index (χ1v) is 8.37. The van der Waals surface area contributed by atoms with E-state index in [4.69, 9.17) is 4.74 Å². The molecule has 0 spiro atoms. The van der Waals surface area contributed by atoms with Gasteiger partial charge in [-0.25, -0.2) is 0 Å². The Morgan fingerprint density at radius 3 is 2.68 bits per heavy atom. The lowest BCUT2D eigenvalue weighted by atomic mass is 10.1. The van der Waals surface area contributed by atoms with Crippen molar-refractivity contribution in [1.29, 1.82) is 0 Å².